The van der Waals surface area contributed by atoms with Crippen molar-refractivity contribution in [2.24, 2.45) is 0 Å². The highest BCUT2D eigenvalue weighted by Gasteiger charge is 2.15. The van der Waals surface area contributed by atoms with Gasteiger partial charge in [-0.1, -0.05) is 17.2 Å². The molecule has 0 amide bonds. The molecule has 0 unspecified atom stereocenters. The van der Waals surface area contributed by atoms with E-state index >= 15 is 0 Å². The summed E-state index contributed by atoms with van der Waals surface area (Å²) in [6.07, 6.45) is 0. The maximum atomic E-state index is 12.2. The Kier molecular flexibility index (Phi) is 3.92. The number of nitrogens with one attached hydrogen (secondary N) is 1. The maximum Gasteiger partial charge on any atom is 0.176 e. The van der Waals surface area contributed by atoms with Gasteiger partial charge < -0.3 is 5.32 Å². The van der Waals surface area contributed by atoms with Crippen LogP contribution in [0.4, 0.5) is 0 Å². The second-order valence-corrected chi connectivity index (χ2v) is 4.83. The summed E-state index contributed by atoms with van der Waals surface area (Å²) in [5.74, 6) is 0.235. The topological polar surface area (TPSA) is 32.3 Å². The molecule has 0 atom stereocenters. The molecule has 1 aliphatic heterocycles. The Labute approximate surface area is 103 Å². The van der Waals surface area contributed by atoms with Crippen LogP contribution >= 0.6 is 0 Å². The van der Waals surface area contributed by atoms with Gasteiger partial charge in [0.25, 0.3) is 0 Å². The Morgan fingerprint density at radius 1 is 1.18 bits per heavy atom. The van der Waals surface area contributed by atoms with Gasteiger partial charge in [0.05, 0.1) is 6.54 Å². The molecule has 1 heterocycles. The molecule has 1 saturated heterocycles. The Balaban J connectivity index is 2.03. The number of nitrogens with zero attached hydrogens (tertiary/aromatic N) is 1. The van der Waals surface area contributed by atoms with Crippen LogP contribution in [0.1, 0.15) is 21.5 Å². The molecule has 1 N–H and O–H groups in total. The van der Waals surface area contributed by atoms with Crippen molar-refractivity contribution in [3.8, 4) is 0 Å². The van der Waals surface area contributed by atoms with Gasteiger partial charge >= 0.3 is 0 Å². The SMILES string of the molecule is Cc1cc(C)cc(C(=O)CN2CCNCC2)c1. The van der Waals surface area contributed by atoms with Crippen LogP contribution in [0.15, 0.2) is 18.2 Å². The average Bonchev–Trinajstić information content (AvgIpc) is 2.29. The van der Waals surface area contributed by atoms with Gasteiger partial charge in [-0.25, -0.2) is 0 Å². The average molecular weight is 232 g/mol. The van der Waals surface area contributed by atoms with E-state index in [2.05, 4.69) is 16.3 Å². The summed E-state index contributed by atoms with van der Waals surface area (Å²) in [5, 5.41) is 3.29. The van der Waals surface area contributed by atoms with Crippen LogP contribution in [0.3, 0.4) is 0 Å². The first-order valence-corrected chi connectivity index (χ1v) is 6.20. The van der Waals surface area contributed by atoms with Gasteiger partial charge in [0, 0.05) is 31.7 Å². The molecule has 1 aromatic carbocycles. The first-order chi connectivity index (χ1) is 8.15. The van der Waals surface area contributed by atoms with Crippen LogP contribution in [0.5, 0.6) is 0 Å². The number of rotatable bonds is 3. The summed E-state index contributed by atoms with van der Waals surface area (Å²) in [4.78, 5) is 14.4. The van der Waals surface area contributed by atoms with E-state index < -0.39 is 0 Å². The minimum Gasteiger partial charge on any atom is -0.314 e. The van der Waals surface area contributed by atoms with Gasteiger partial charge in [-0.2, -0.15) is 0 Å². The Morgan fingerprint density at radius 2 is 1.76 bits per heavy atom. The second-order valence-electron chi connectivity index (χ2n) is 4.83. The van der Waals surface area contributed by atoms with Crippen LogP contribution in [0, 0.1) is 13.8 Å². The van der Waals surface area contributed by atoms with E-state index in [1.807, 2.05) is 26.0 Å². The highest BCUT2D eigenvalue weighted by molar-refractivity contribution is 5.98. The lowest BCUT2D eigenvalue weighted by atomic mass is 10.0. The Hall–Kier alpha value is -1.19. The molecule has 1 aliphatic rings. The number of ketones is 1. The van der Waals surface area contributed by atoms with Crippen LogP contribution in [0.25, 0.3) is 0 Å². The second kappa shape index (κ2) is 5.43. The van der Waals surface area contributed by atoms with Gasteiger partial charge in [-0.15, -0.1) is 0 Å². The van der Waals surface area contributed by atoms with Gasteiger partial charge in [-0.05, 0) is 26.0 Å². The molecule has 0 bridgehead atoms. The lowest BCUT2D eigenvalue weighted by molar-refractivity contribution is 0.0921. The molecule has 0 radical (unpaired) electrons. The Morgan fingerprint density at radius 3 is 2.35 bits per heavy atom. The Bertz CT molecular complexity index is 388. The molecule has 0 aromatic heterocycles. The number of benzene rings is 1. The van der Waals surface area contributed by atoms with Crippen LogP contribution in [-0.4, -0.2) is 43.4 Å². The number of carbonyl (C=O) groups is 1. The van der Waals surface area contributed by atoms with E-state index in [-0.39, 0.29) is 5.78 Å². The third kappa shape index (κ3) is 3.38. The largest absolute Gasteiger partial charge is 0.314 e. The minimum absolute atomic E-state index is 0.235. The first-order valence-electron chi connectivity index (χ1n) is 6.20. The summed E-state index contributed by atoms with van der Waals surface area (Å²) in [6.45, 7) is 8.53. The summed E-state index contributed by atoms with van der Waals surface area (Å²) < 4.78 is 0. The van der Waals surface area contributed by atoms with Crippen molar-refractivity contribution in [3.05, 3.63) is 34.9 Å². The summed E-state index contributed by atoms with van der Waals surface area (Å²) >= 11 is 0. The maximum absolute atomic E-state index is 12.2. The van der Waals surface area contributed by atoms with Crippen molar-refractivity contribution in [3.63, 3.8) is 0 Å². The monoisotopic (exact) mass is 232 g/mol. The zero-order chi connectivity index (χ0) is 12.3. The molecule has 1 fully saturated rings. The fourth-order valence-corrected chi connectivity index (χ4v) is 2.30. The van der Waals surface area contributed by atoms with Gasteiger partial charge in [0.1, 0.15) is 0 Å². The normalized spacial score (nSPS) is 17.1. The molecule has 2 rings (SSSR count). The van der Waals surface area contributed by atoms with Crippen molar-refractivity contribution in [1.82, 2.24) is 10.2 Å². The molecule has 0 spiro atoms. The summed E-state index contributed by atoms with van der Waals surface area (Å²) in [5.41, 5.74) is 3.17. The van der Waals surface area contributed by atoms with E-state index in [0.717, 1.165) is 42.9 Å². The molecule has 0 aliphatic carbocycles. The van der Waals surface area contributed by atoms with Crippen molar-refractivity contribution in [2.45, 2.75) is 13.8 Å². The lowest BCUT2D eigenvalue weighted by Crippen LogP contribution is -2.45. The number of carbonyl (C=O) groups excluding carboxylic acids is 1. The number of Topliss-reactive ketones (excluding diaryl/α,β-unsaturated/α-hetero) is 1. The van der Waals surface area contributed by atoms with E-state index in [1.54, 1.807) is 0 Å². The molecule has 17 heavy (non-hydrogen) atoms. The molecule has 92 valence electrons. The van der Waals surface area contributed by atoms with Crippen molar-refractivity contribution in [2.75, 3.05) is 32.7 Å². The molecule has 0 saturated carbocycles. The molecule has 3 heteroatoms. The number of aryl methyl sites for hydroxylation is 2. The van der Waals surface area contributed by atoms with E-state index in [9.17, 15) is 4.79 Å². The zero-order valence-corrected chi connectivity index (χ0v) is 10.6. The van der Waals surface area contributed by atoms with E-state index in [1.165, 1.54) is 0 Å². The first kappa shape index (κ1) is 12.3. The number of piperazine rings is 1. The smallest absolute Gasteiger partial charge is 0.176 e. The molecule has 1 aromatic rings. The number of hydrogen-bond acceptors (Lipinski definition) is 3. The van der Waals surface area contributed by atoms with Crippen molar-refractivity contribution in [1.29, 1.82) is 0 Å². The number of hydrogen-bond donors (Lipinski definition) is 1. The predicted octanol–water partition coefficient (Wildman–Crippen LogP) is 1.39. The third-order valence-electron chi connectivity index (χ3n) is 3.12. The van der Waals surface area contributed by atoms with Crippen LogP contribution in [-0.2, 0) is 0 Å². The van der Waals surface area contributed by atoms with E-state index in [0.29, 0.717) is 6.54 Å². The van der Waals surface area contributed by atoms with Crippen molar-refractivity contribution >= 4 is 5.78 Å². The quantitative estimate of drug-likeness (QED) is 0.799. The van der Waals surface area contributed by atoms with Gasteiger partial charge in [-0.3, -0.25) is 9.69 Å². The standard InChI is InChI=1S/C14H20N2O/c1-11-7-12(2)9-13(8-11)14(17)10-16-5-3-15-4-6-16/h7-9,15H,3-6,10H2,1-2H3. The molecular weight excluding hydrogens is 212 g/mol. The molecule has 3 nitrogen and oxygen atoms in total. The fourth-order valence-electron chi connectivity index (χ4n) is 2.30. The highest BCUT2D eigenvalue weighted by Crippen LogP contribution is 2.10. The lowest BCUT2D eigenvalue weighted by Gasteiger charge is -2.26. The fraction of sp³-hybridized carbons (Fsp3) is 0.500. The van der Waals surface area contributed by atoms with Crippen molar-refractivity contribution < 1.29 is 4.79 Å². The zero-order valence-electron chi connectivity index (χ0n) is 10.6. The van der Waals surface area contributed by atoms with Gasteiger partial charge in [0.15, 0.2) is 5.78 Å². The summed E-state index contributed by atoms with van der Waals surface area (Å²) in [7, 11) is 0. The highest BCUT2D eigenvalue weighted by atomic mass is 16.1. The van der Waals surface area contributed by atoms with Crippen LogP contribution in [0.2, 0.25) is 0 Å². The molecular formula is C14H20N2O. The predicted molar refractivity (Wildman–Crippen MR) is 69.6 cm³/mol. The van der Waals surface area contributed by atoms with Crippen LogP contribution < -0.4 is 5.32 Å². The minimum atomic E-state index is 0.235. The summed E-state index contributed by atoms with van der Waals surface area (Å²) in [6, 6.07) is 6.07. The van der Waals surface area contributed by atoms with E-state index in [4.69, 9.17) is 0 Å². The third-order valence-corrected chi connectivity index (χ3v) is 3.12. The van der Waals surface area contributed by atoms with Gasteiger partial charge in [0.2, 0.25) is 0 Å².